The number of anilines is 1. The Morgan fingerprint density at radius 3 is 2.86 bits per heavy atom. The minimum Gasteiger partial charge on any atom is -0.495 e. The number of nitrogens with one attached hydrogen (secondary N) is 1. The fraction of sp³-hybridized carbons (Fsp3) is 0.333. The highest BCUT2D eigenvalue weighted by Gasteiger charge is 2.20. The van der Waals surface area contributed by atoms with Crippen molar-refractivity contribution in [3.63, 3.8) is 0 Å². The third kappa shape index (κ3) is 2.86. The predicted molar refractivity (Wildman–Crippen MR) is 88.5 cm³/mol. The lowest BCUT2D eigenvalue weighted by Crippen LogP contribution is -2.17. The van der Waals surface area contributed by atoms with E-state index in [2.05, 4.69) is 35.6 Å². The molecule has 1 aliphatic rings. The minimum atomic E-state index is 0.337. The number of aryl methyl sites for hydroxylation is 2. The van der Waals surface area contributed by atoms with Crippen molar-refractivity contribution in [1.29, 1.82) is 0 Å². The van der Waals surface area contributed by atoms with Crippen LogP contribution in [0.25, 0.3) is 0 Å². The summed E-state index contributed by atoms with van der Waals surface area (Å²) in [5, 5.41) is 4.38. The fourth-order valence-electron chi connectivity index (χ4n) is 3.04. The van der Waals surface area contributed by atoms with E-state index in [-0.39, 0.29) is 0 Å². The first-order valence-corrected chi connectivity index (χ1v) is 7.75. The molecule has 2 aromatic carbocycles. The monoisotopic (exact) mass is 301 g/mol. The minimum absolute atomic E-state index is 0.337. The first kappa shape index (κ1) is 14.3. The second kappa shape index (κ2) is 5.98. The molecule has 0 bridgehead atoms. The lowest BCUT2D eigenvalue weighted by molar-refractivity contribution is 0.415. The molecule has 0 radical (unpaired) electrons. The number of halogens is 1. The Morgan fingerprint density at radius 1 is 1.24 bits per heavy atom. The summed E-state index contributed by atoms with van der Waals surface area (Å²) >= 11 is 6.18. The van der Waals surface area contributed by atoms with E-state index in [0.29, 0.717) is 6.04 Å². The highest BCUT2D eigenvalue weighted by atomic mass is 35.5. The largest absolute Gasteiger partial charge is 0.495 e. The van der Waals surface area contributed by atoms with E-state index in [9.17, 15) is 0 Å². The molecule has 0 amide bonds. The van der Waals surface area contributed by atoms with Crippen molar-refractivity contribution in [2.24, 2.45) is 0 Å². The van der Waals surface area contributed by atoms with Gasteiger partial charge in [-0.1, -0.05) is 35.9 Å². The summed E-state index contributed by atoms with van der Waals surface area (Å²) in [6, 6.07) is 13.0. The van der Waals surface area contributed by atoms with Gasteiger partial charge in [0.1, 0.15) is 5.75 Å². The van der Waals surface area contributed by atoms with Crippen molar-refractivity contribution >= 4 is 17.3 Å². The molecule has 0 heterocycles. The molecule has 3 rings (SSSR count). The maximum atomic E-state index is 6.18. The van der Waals surface area contributed by atoms with E-state index in [1.165, 1.54) is 24.0 Å². The molecule has 1 atom stereocenters. The van der Waals surface area contributed by atoms with Crippen molar-refractivity contribution in [3.8, 4) is 5.75 Å². The molecular weight excluding hydrogens is 282 g/mol. The van der Waals surface area contributed by atoms with Gasteiger partial charge in [-0.15, -0.1) is 0 Å². The Labute approximate surface area is 131 Å². The van der Waals surface area contributed by atoms with Gasteiger partial charge in [-0.05, 0) is 48.9 Å². The molecule has 3 heteroatoms. The number of hydrogen-bond donors (Lipinski definition) is 1. The molecule has 1 N–H and O–H groups in total. The van der Waals surface area contributed by atoms with Gasteiger partial charge >= 0.3 is 0 Å². The summed E-state index contributed by atoms with van der Waals surface area (Å²) < 4.78 is 5.46. The molecule has 2 aromatic rings. The summed E-state index contributed by atoms with van der Waals surface area (Å²) in [6.07, 6.45) is 3.52. The average molecular weight is 302 g/mol. The van der Waals surface area contributed by atoms with E-state index >= 15 is 0 Å². The van der Waals surface area contributed by atoms with Crippen LogP contribution in [0.3, 0.4) is 0 Å². The van der Waals surface area contributed by atoms with E-state index in [4.69, 9.17) is 16.3 Å². The van der Waals surface area contributed by atoms with Gasteiger partial charge in [-0.25, -0.2) is 0 Å². The van der Waals surface area contributed by atoms with Crippen LogP contribution < -0.4 is 10.1 Å². The van der Waals surface area contributed by atoms with E-state index in [1.54, 1.807) is 7.11 Å². The molecule has 0 aliphatic heterocycles. The molecular formula is C18H20ClNO. The average Bonchev–Trinajstić information content (AvgIpc) is 2.51. The van der Waals surface area contributed by atoms with Gasteiger partial charge in [0.15, 0.2) is 0 Å². The third-order valence-corrected chi connectivity index (χ3v) is 4.59. The lowest BCUT2D eigenvalue weighted by atomic mass is 9.87. The summed E-state index contributed by atoms with van der Waals surface area (Å²) in [5.74, 6) is 0.800. The van der Waals surface area contributed by atoms with Crippen LogP contribution in [0.2, 0.25) is 5.02 Å². The highest BCUT2D eigenvalue weighted by molar-refractivity contribution is 6.31. The van der Waals surface area contributed by atoms with Crippen molar-refractivity contribution < 1.29 is 4.74 Å². The summed E-state index contributed by atoms with van der Waals surface area (Å²) in [7, 11) is 1.68. The zero-order valence-corrected chi connectivity index (χ0v) is 13.2. The van der Waals surface area contributed by atoms with Crippen LogP contribution in [0.4, 0.5) is 5.69 Å². The van der Waals surface area contributed by atoms with Gasteiger partial charge in [0, 0.05) is 11.1 Å². The normalized spacial score (nSPS) is 17.2. The second-order valence-corrected chi connectivity index (χ2v) is 6.00. The van der Waals surface area contributed by atoms with Crippen molar-refractivity contribution in [2.75, 3.05) is 12.4 Å². The standard InChI is InChI=1S/C18H20ClNO/c1-12-10-17(18(21-2)11-15(12)19)20-16-9-5-7-13-6-3-4-8-14(13)16/h3-4,6,8,10-11,16,20H,5,7,9H2,1-2H3. The fourth-order valence-corrected chi connectivity index (χ4v) is 3.19. The van der Waals surface area contributed by atoms with Gasteiger partial charge < -0.3 is 10.1 Å². The molecule has 21 heavy (non-hydrogen) atoms. The molecule has 0 fully saturated rings. The van der Waals surface area contributed by atoms with Gasteiger partial charge in [0.2, 0.25) is 0 Å². The summed E-state index contributed by atoms with van der Waals surface area (Å²) in [4.78, 5) is 0. The maximum Gasteiger partial charge on any atom is 0.143 e. The molecule has 2 nitrogen and oxygen atoms in total. The number of benzene rings is 2. The Balaban J connectivity index is 1.93. The number of methoxy groups -OCH3 is 1. The smallest absolute Gasteiger partial charge is 0.143 e. The maximum absolute atomic E-state index is 6.18. The quantitative estimate of drug-likeness (QED) is 0.847. The number of hydrogen-bond acceptors (Lipinski definition) is 2. The zero-order chi connectivity index (χ0) is 14.8. The zero-order valence-electron chi connectivity index (χ0n) is 12.4. The molecule has 0 saturated heterocycles. The Bertz CT molecular complexity index is 654. The van der Waals surface area contributed by atoms with Crippen LogP contribution in [0.5, 0.6) is 5.75 Å². The Kier molecular flexibility index (Phi) is 4.07. The first-order chi connectivity index (χ1) is 10.2. The van der Waals surface area contributed by atoms with Crippen LogP contribution in [-0.2, 0) is 6.42 Å². The molecule has 1 aliphatic carbocycles. The van der Waals surface area contributed by atoms with Gasteiger partial charge in [0.25, 0.3) is 0 Å². The number of fused-ring (bicyclic) bond motifs is 1. The topological polar surface area (TPSA) is 21.3 Å². The predicted octanol–water partition coefficient (Wildman–Crippen LogP) is 5.15. The van der Waals surface area contributed by atoms with Crippen LogP contribution in [0.15, 0.2) is 36.4 Å². The van der Waals surface area contributed by atoms with E-state index in [1.807, 2.05) is 13.0 Å². The van der Waals surface area contributed by atoms with Crippen LogP contribution in [-0.4, -0.2) is 7.11 Å². The van der Waals surface area contributed by atoms with E-state index < -0.39 is 0 Å². The second-order valence-electron chi connectivity index (χ2n) is 5.59. The van der Waals surface area contributed by atoms with Crippen LogP contribution in [0, 0.1) is 6.92 Å². The van der Waals surface area contributed by atoms with Crippen LogP contribution >= 0.6 is 11.6 Å². The van der Waals surface area contributed by atoms with Gasteiger partial charge in [-0.3, -0.25) is 0 Å². The SMILES string of the molecule is COc1cc(Cl)c(C)cc1NC1CCCc2ccccc21. The Hall–Kier alpha value is -1.67. The van der Waals surface area contributed by atoms with Gasteiger partial charge in [-0.2, -0.15) is 0 Å². The van der Waals surface area contributed by atoms with Gasteiger partial charge in [0.05, 0.1) is 18.8 Å². The highest BCUT2D eigenvalue weighted by Crippen LogP contribution is 2.37. The summed E-state index contributed by atoms with van der Waals surface area (Å²) in [5.41, 5.74) is 4.93. The Morgan fingerprint density at radius 2 is 2.05 bits per heavy atom. The molecule has 0 aromatic heterocycles. The molecule has 1 unspecified atom stereocenters. The molecule has 0 saturated carbocycles. The van der Waals surface area contributed by atoms with Crippen molar-refractivity contribution in [2.45, 2.75) is 32.2 Å². The third-order valence-electron chi connectivity index (χ3n) is 4.18. The van der Waals surface area contributed by atoms with Crippen molar-refractivity contribution in [1.82, 2.24) is 0 Å². The number of ether oxygens (including phenoxy) is 1. The molecule has 0 spiro atoms. The van der Waals surface area contributed by atoms with E-state index in [0.717, 1.165) is 28.4 Å². The van der Waals surface area contributed by atoms with Crippen LogP contribution in [0.1, 0.15) is 35.6 Å². The van der Waals surface area contributed by atoms with Crippen molar-refractivity contribution in [3.05, 3.63) is 58.1 Å². The summed E-state index contributed by atoms with van der Waals surface area (Å²) in [6.45, 7) is 2.02. The number of rotatable bonds is 3. The lowest BCUT2D eigenvalue weighted by Gasteiger charge is -2.28. The molecule has 110 valence electrons. The first-order valence-electron chi connectivity index (χ1n) is 7.37.